The number of thiophene rings is 1. The fourth-order valence-corrected chi connectivity index (χ4v) is 2.62. The lowest BCUT2D eigenvalue weighted by Gasteiger charge is -2.10. The molecule has 0 spiro atoms. The van der Waals surface area contributed by atoms with E-state index in [2.05, 4.69) is 23.7 Å². The van der Waals surface area contributed by atoms with Gasteiger partial charge in [-0.25, -0.2) is 0 Å². The third-order valence-electron chi connectivity index (χ3n) is 2.92. The maximum atomic E-state index is 11.1. The summed E-state index contributed by atoms with van der Waals surface area (Å²) >= 11 is 1.75. The van der Waals surface area contributed by atoms with Gasteiger partial charge in [0, 0.05) is 22.7 Å². The zero-order chi connectivity index (χ0) is 13.1. The largest absolute Gasteiger partial charge is 0.380 e. The molecule has 18 heavy (non-hydrogen) atoms. The van der Waals surface area contributed by atoms with Crippen LogP contribution < -0.4 is 11.1 Å². The first-order valence-electron chi connectivity index (χ1n) is 5.75. The predicted molar refractivity (Wildman–Crippen MR) is 76.1 cm³/mol. The molecule has 2 rings (SSSR count). The maximum absolute atomic E-state index is 11.1. The zero-order valence-electron chi connectivity index (χ0n) is 10.5. The van der Waals surface area contributed by atoms with Gasteiger partial charge in [-0.15, -0.1) is 11.3 Å². The predicted octanol–water partition coefficient (Wildman–Crippen LogP) is 3.08. The van der Waals surface area contributed by atoms with E-state index in [4.69, 9.17) is 5.73 Å². The normalized spacial score (nSPS) is 10.3. The zero-order valence-corrected chi connectivity index (χ0v) is 11.3. The highest BCUT2D eigenvalue weighted by Crippen LogP contribution is 2.20. The van der Waals surface area contributed by atoms with E-state index in [-0.39, 0.29) is 0 Å². The lowest BCUT2D eigenvalue weighted by Crippen LogP contribution is -2.11. The number of carbonyl (C=O) groups excluding carboxylic acids is 1. The van der Waals surface area contributed by atoms with Crippen LogP contribution in [0.15, 0.2) is 29.6 Å². The van der Waals surface area contributed by atoms with Crippen LogP contribution >= 0.6 is 11.3 Å². The van der Waals surface area contributed by atoms with E-state index in [9.17, 15) is 4.79 Å². The van der Waals surface area contributed by atoms with Gasteiger partial charge in [0.1, 0.15) is 0 Å². The van der Waals surface area contributed by atoms with Crippen molar-refractivity contribution in [3.8, 4) is 0 Å². The summed E-state index contributed by atoms with van der Waals surface area (Å²) in [6, 6.07) is 7.58. The van der Waals surface area contributed by atoms with Crippen molar-refractivity contribution in [1.29, 1.82) is 0 Å². The molecule has 0 radical (unpaired) electrons. The second kappa shape index (κ2) is 5.23. The summed E-state index contributed by atoms with van der Waals surface area (Å²) < 4.78 is 0. The number of hydrogen-bond donors (Lipinski definition) is 2. The number of hydrogen-bond acceptors (Lipinski definition) is 3. The van der Waals surface area contributed by atoms with Crippen LogP contribution in [0.5, 0.6) is 0 Å². The minimum Gasteiger partial charge on any atom is -0.380 e. The van der Waals surface area contributed by atoms with E-state index in [1.165, 1.54) is 10.4 Å². The average Bonchev–Trinajstić information content (AvgIpc) is 2.73. The van der Waals surface area contributed by atoms with Gasteiger partial charge in [0.05, 0.1) is 0 Å². The molecule has 0 aliphatic carbocycles. The van der Waals surface area contributed by atoms with Crippen molar-refractivity contribution in [1.82, 2.24) is 0 Å². The highest BCUT2D eigenvalue weighted by atomic mass is 32.1. The summed E-state index contributed by atoms with van der Waals surface area (Å²) in [5.41, 5.74) is 9.16. The minimum atomic E-state index is -0.390. The number of benzene rings is 1. The molecule has 1 aromatic heterocycles. The van der Waals surface area contributed by atoms with E-state index >= 15 is 0 Å². The molecule has 0 atom stereocenters. The van der Waals surface area contributed by atoms with Crippen LogP contribution in [0.4, 0.5) is 5.69 Å². The molecular formula is C14H16N2OS. The molecule has 2 aromatic rings. The molecule has 0 aliphatic rings. The standard InChI is InChI=1S/C14H16N2OS/c1-9-5-6-18-13(9)8-16-12-4-3-11(14(15)17)7-10(12)2/h3-7,16H,8H2,1-2H3,(H2,15,17). The molecule has 0 saturated heterocycles. The number of amides is 1. The first-order chi connectivity index (χ1) is 8.58. The van der Waals surface area contributed by atoms with Crippen LogP contribution in [0, 0.1) is 13.8 Å². The van der Waals surface area contributed by atoms with Crippen LogP contribution in [-0.2, 0) is 6.54 Å². The molecule has 1 heterocycles. The first-order valence-corrected chi connectivity index (χ1v) is 6.63. The molecule has 3 N–H and O–H groups in total. The third-order valence-corrected chi connectivity index (χ3v) is 3.94. The molecule has 0 bridgehead atoms. The Labute approximate surface area is 111 Å². The first kappa shape index (κ1) is 12.6. The van der Waals surface area contributed by atoms with Crippen LogP contribution in [0.2, 0.25) is 0 Å². The second-order valence-corrected chi connectivity index (χ2v) is 5.27. The fourth-order valence-electron chi connectivity index (χ4n) is 1.78. The summed E-state index contributed by atoms with van der Waals surface area (Å²) in [5, 5.41) is 5.47. The van der Waals surface area contributed by atoms with Gasteiger partial charge in [0.2, 0.25) is 5.91 Å². The van der Waals surface area contributed by atoms with Crippen molar-refractivity contribution in [3.05, 3.63) is 51.2 Å². The molecule has 1 aromatic carbocycles. The molecule has 0 aliphatic heterocycles. The van der Waals surface area contributed by atoms with Gasteiger partial charge in [-0.1, -0.05) is 0 Å². The summed E-state index contributed by atoms with van der Waals surface area (Å²) in [6.45, 7) is 4.88. The minimum absolute atomic E-state index is 0.390. The Balaban J connectivity index is 2.11. The van der Waals surface area contributed by atoms with Gasteiger partial charge in [0.25, 0.3) is 0 Å². The van der Waals surface area contributed by atoms with E-state index < -0.39 is 5.91 Å². The van der Waals surface area contributed by atoms with Crippen molar-refractivity contribution < 1.29 is 4.79 Å². The van der Waals surface area contributed by atoms with Crippen molar-refractivity contribution in [2.45, 2.75) is 20.4 Å². The summed E-state index contributed by atoms with van der Waals surface area (Å²) in [4.78, 5) is 12.4. The summed E-state index contributed by atoms with van der Waals surface area (Å²) in [5.74, 6) is -0.390. The summed E-state index contributed by atoms with van der Waals surface area (Å²) in [6.07, 6.45) is 0. The maximum Gasteiger partial charge on any atom is 0.248 e. The number of rotatable bonds is 4. The Morgan fingerprint density at radius 1 is 1.28 bits per heavy atom. The van der Waals surface area contributed by atoms with E-state index in [0.29, 0.717) is 5.56 Å². The number of nitrogens with two attached hydrogens (primary N) is 1. The number of anilines is 1. The highest BCUT2D eigenvalue weighted by Gasteiger charge is 2.05. The van der Waals surface area contributed by atoms with Crippen molar-refractivity contribution in [3.63, 3.8) is 0 Å². The molecule has 0 fully saturated rings. The fraction of sp³-hybridized carbons (Fsp3) is 0.214. The van der Waals surface area contributed by atoms with Gasteiger partial charge in [-0.3, -0.25) is 4.79 Å². The van der Waals surface area contributed by atoms with Crippen molar-refractivity contribution >= 4 is 22.9 Å². The quantitative estimate of drug-likeness (QED) is 0.887. The molecule has 94 valence electrons. The molecule has 4 heteroatoms. The molecule has 0 saturated carbocycles. The van der Waals surface area contributed by atoms with Crippen LogP contribution in [-0.4, -0.2) is 5.91 Å². The van der Waals surface area contributed by atoms with Gasteiger partial charge in [0.15, 0.2) is 0 Å². The van der Waals surface area contributed by atoms with Crippen molar-refractivity contribution in [2.75, 3.05) is 5.32 Å². The van der Waals surface area contributed by atoms with Gasteiger partial charge >= 0.3 is 0 Å². The molecule has 0 unspecified atom stereocenters. The van der Waals surface area contributed by atoms with Gasteiger partial charge < -0.3 is 11.1 Å². The van der Waals surface area contributed by atoms with Gasteiger partial charge in [-0.2, -0.15) is 0 Å². The van der Waals surface area contributed by atoms with Crippen molar-refractivity contribution in [2.24, 2.45) is 5.73 Å². The number of aryl methyl sites for hydroxylation is 2. The Kier molecular flexibility index (Phi) is 3.67. The smallest absolute Gasteiger partial charge is 0.248 e. The summed E-state index contributed by atoms with van der Waals surface area (Å²) in [7, 11) is 0. The Hall–Kier alpha value is -1.81. The Morgan fingerprint density at radius 3 is 2.61 bits per heavy atom. The lowest BCUT2D eigenvalue weighted by atomic mass is 10.1. The Bertz CT molecular complexity index is 575. The Morgan fingerprint density at radius 2 is 2.06 bits per heavy atom. The van der Waals surface area contributed by atoms with E-state index in [1.54, 1.807) is 17.4 Å². The third kappa shape index (κ3) is 2.71. The van der Waals surface area contributed by atoms with Crippen LogP contribution in [0.1, 0.15) is 26.4 Å². The highest BCUT2D eigenvalue weighted by molar-refractivity contribution is 7.10. The monoisotopic (exact) mass is 260 g/mol. The number of carbonyl (C=O) groups is 1. The van der Waals surface area contributed by atoms with E-state index in [1.807, 2.05) is 19.1 Å². The average molecular weight is 260 g/mol. The van der Waals surface area contributed by atoms with Crippen LogP contribution in [0.3, 0.4) is 0 Å². The molecule has 1 amide bonds. The molecular weight excluding hydrogens is 244 g/mol. The second-order valence-electron chi connectivity index (χ2n) is 4.27. The topological polar surface area (TPSA) is 55.1 Å². The number of primary amides is 1. The van der Waals surface area contributed by atoms with E-state index in [0.717, 1.165) is 17.8 Å². The number of nitrogens with one attached hydrogen (secondary N) is 1. The SMILES string of the molecule is Cc1cc(C(N)=O)ccc1NCc1sccc1C. The molecule has 3 nitrogen and oxygen atoms in total. The van der Waals surface area contributed by atoms with Gasteiger partial charge in [-0.05, 0) is 54.6 Å². The van der Waals surface area contributed by atoms with Crippen LogP contribution in [0.25, 0.3) is 0 Å². The lowest BCUT2D eigenvalue weighted by molar-refractivity contribution is 0.1000.